The van der Waals surface area contributed by atoms with E-state index in [1.54, 1.807) is 0 Å². The molecule has 1 atom stereocenters. The van der Waals surface area contributed by atoms with Gasteiger partial charge in [-0.25, -0.2) is 4.39 Å². The molecule has 5 nitrogen and oxygen atoms in total. The fourth-order valence-corrected chi connectivity index (χ4v) is 1.71. The van der Waals surface area contributed by atoms with Crippen LogP contribution in [0.25, 0.3) is 0 Å². The maximum absolute atomic E-state index is 13.2. The number of carbonyl (C=O) groups is 1. The number of anilines is 1. The summed E-state index contributed by atoms with van der Waals surface area (Å²) in [4.78, 5) is 11.9. The number of nitrogens with two attached hydrogens (primary N) is 1. The van der Waals surface area contributed by atoms with Gasteiger partial charge in [0.25, 0.3) is 0 Å². The Morgan fingerprint density at radius 3 is 2.84 bits per heavy atom. The van der Waals surface area contributed by atoms with Gasteiger partial charge in [-0.2, -0.15) is 0 Å². The molecule has 0 spiro atoms. The van der Waals surface area contributed by atoms with E-state index in [0.29, 0.717) is 5.69 Å². The van der Waals surface area contributed by atoms with Gasteiger partial charge >= 0.3 is 0 Å². The normalized spacial score (nSPS) is 13.1. The highest BCUT2D eigenvalue weighted by molar-refractivity contribution is 6.05. The molecular weight excluding hydrogens is 249 g/mol. The number of amides is 1. The summed E-state index contributed by atoms with van der Waals surface area (Å²) in [6.07, 6.45) is 1.65. The highest BCUT2D eigenvalue weighted by atomic mass is 19.1. The van der Waals surface area contributed by atoms with E-state index in [2.05, 4.69) is 10.5 Å². The molecule has 1 aromatic rings. The number of rotatable bonds is 5. The number of hydrogen-bond acceptors (Lipinski definition) is 3. The molecule has 0 aliphatic rings. The van der Waals surface area contributed by atoms with Crippen LogP contribution >= 0.6 is 0 Å². The fraction of sp³-hybridized carbons (Fsp3) is 0.385. The third-order valence-electron chi connectivity index (χ3n) is 2.79. The van der Waals surface area contributed by atoms with E-state index in [0.717, 1.165) is 18.9 Å². The number of halogens is 1. The summed E-state index contributed by atoms with van der Waals surface area (Å²) in [5.41, 5.74) is 5.93. The number of oxime groups is 1. The number of carbonyl (C=O) groups excluding carboxylic acids is 1. The van der Waals surface area contributed by atoms with Crippen molar-refractivity contribution in [3.8, 4) is 0 Å². The molecule has 6 heteroatoms. The molecule has 19 heavy (non-hydrogen) atoms. The molecule has 0 saturated carbocycles. The summed E-state index contributed by atoms with van der Waals surface area (Å²) < 4.78 is 13.2. The van der Waals surface area contributed by atoms with Crippen LogP contribution in [-0.4, -0.2) is 17.0 Å². The van der Waals surface area contributed by atoms with Crippen molar-refractivity contribution in [1.29, 1.82) is 0 Å². The van der Waals surface area contributed by atoms with Crippen LogP contribution in [0.2, 0.25) is 0 Å². The number of nitrogens with zero attached hydrogens (tertiary/aromatic N) is 1. The van der Waals surface area contributed by atoms with Gasteiger partial charge in [-0.05, 0) is 24.6 Å². The Morgan fingerprint density at radius 2 is 2.26 bits per heavy atom. The highest BCUT2D eigenvalue weighted by Gasteiger charge is 2.15. The third kappa shape index (κ3) is 3.94. The zero-order valence-electron chi connectivity index (χ0n) is 11.0. The maximum atomic E-state index is 13.2. The minimum absolute atomic E-state index is 0.152. The molecule has 0 saturated heterocycles. The summed E-state index contributed by atoms with van der Waals surface area (Å²) >= 11 is 0. The average Bonchev–Trinajstić information content (AvgIpc) is 2.40. The van der Waals surface area contributed by atoms with Crippen LogP contribution in [0.5, 0.6) is 0 Å². The van der Waals surface area contributed by atoms with Crippen molar-refractivity contribution in [3.63, 3.8) is 0 Å². The molecule has 104 valence electrons. The van der Waals surface area contributed by atoms with E-state index in [1.807, 2.05) is 13.8 Å². The summed E-state index contributed by atoms with van der Waals surface area (Å²) in [7, 11) is 0. The van der Waals surface area contributed by atoms with Gasteiger partial charge < -0.3 is 16.3 Å². The molecule has 0 aliphatic carbocycles. The second kappa shape index (κ2) is 6.72. The van der Waals surface area contributed by atoms with Crippen molar-refractivity contribution < 1.29 is 14.4 Å². The zero-order valence-corrected chi connectivity index (χ0v) is 11.0. The Kier molecular flexibility index (Phi) is 5.29. The Bertz CT molecular complexity index is 489. The minimum Gasteiger partial charge on any atom is -0.409 e. The Hall–Kier alpha value is -2.11. The predicted molar refractivity (Wildman–Crippen MR) is 71.6 cm³/mol. The van der Waals surface area contributed by atoms with E-state index >= 15 is 0 Å². The standard InChI is InChI=1S/C13H18FN3O2/c1-3-4-8(2)13(18)16-11-6-5-9(14)7-10(11)12(15)17-19/h5-8,19H,3-4H2,1-2H3,(H2,15,17)(H,16,18). The van der Waals surface area contributed by atoms with Crippen molar-refractivity contribution in [1.82, 2.24) is 0 Å². The average molecular weight is 267 g/mol. The minimum atomic E-state index is -0.527. The Morgan fingerprint density at radius 1 is 1.58 bits per heavy atom. The predicted octanol–water partition coefficient (Wildman–Crippen LogP) is 2.29. The molecule has 1 rings (SSSR count). The lowest BCUT2D eigenvalue weighted by Crippen LogP contribution is -2.23. The van der Waals surface area contributed by atoms with Gasteiger partial charge in [-0.15, -0.1) is 0 Å². The monoisotopic (exact) mass is 267 g/mol. The Labute approximate surface area is 111 Å². The van der Waals surface area contributed by atoms with Crippen LogP contribution in [0, 0.1) is 11.7 Å². The number of nitrogens with one attached hydrogen (secondary N) is 1. The smallest absolute Gasteiger partial charge is 0.227 e. The molecule has 0 fully saturated rings. The van der Waals surface area contributed by atoms with Gasteiger partial charge in [0.15, 0.2) is 5.84 Å². The first-order chi connectivity index (χ1) is 8.99. The highest BCUT2D eigenvalue weighted by Crippen LogP contribution is 2.18. The van der Waals surface area contributed by atoms with E-state index in [-0.39, 0.29) is 23.2 Å². The van der Waals surface area contributed by atoms with Crippen molar-refractivity contribution in [2.45, 2.75) is 26.7 Å². The van der Waals surface area contributed by atoms with Gasteiger partial charge in [0.1, 0.15) is 5.82 Å². The molecule has 1 aromatic carbocycles. The first-order valence-electron chi connectivity index (χ1n) is 6.07. The van der Waals surface area contributed by atoms with Crippen LogP contribution in [0.1, 0.15) is 32.3 Å². The second-order valence-electron chi connectivity index (χ2n) is 4.35. The molecule has 0 heterocycles. The SMILES string of the molecule is CCCC(C)C(=O)Nc1ccc(F)cc1/C(N)=N/O. The summed E-state index contributed by atoms with van der Waals surface area (Å²) in [6, 6.07) is 3.70. The number of benzene rings is 1. The van der Waals surface area contributed by atoms with Crippen LogP contribution in [0.15, 0.2) is 23.4 Å². The topological polar surface area (TPSA) is 87.7 Å². The van der Waals surface area contributed by atoms with E-state index in [9.17, 15) is 9.18 Å². The maximum Gasteiger partial charge on any atom is 0.227 e. The molecule has 0 radical (unpaired) electrons. The lowest BCUT2D eigenvalue weighted by atomic mass is 10.0. The fourth-order valence-electron chi connectivity index (χ4n) is 1.71. The molecule has 0 bridgehead atoms. The van der Waals surface area contributed by atoms with Gasteiger partial charge in [0.2, 0.25) is 5.91 Å². The lowest BCUT2D eigenvalue weighted by Gasteiger charge is -2.14. The molecule has 0 aliphatic heterocycles. The first kappa shape index (κ1) is 14.9. The summed E-state index contributed by atoms with van der Waals surface area (Å²) in [5, 5.41) is 14.1. The van der Waals surface area contributed by atoms with Crippen LogP contribution in [0.4, 0.5) is 10.1 Å². The Balaban J connectivity index is 2.98. The summed E-state index contributed by atoms with van der Waals surface area (Å²) in [6.45, 7) is 3.80. The van der Waals surface area contributed by atoms with Gasteiger partial charge in [-0.3, -0.25) is 4.79 Å². The molecule has 1 amide bonds. The number of amidine groups is 1. The lowest BCUT2D eigenvalue weighted by molar-refractivity contribution is -0.119. The summed E-state index contributed by atoms with van der Waals surface area (Å²) in [5.74, 6) is -1.12. The molecule has 0 aromatic heterocycles. The largest absolute Gasteiger partial charge is 0.409 e. The van der Waals surface area contributed by atoms with Gasteiger partial charge in [0.05, 0.1) is 5.69 Å². The van der Waals surface area contributed by atoms with Crippen molar-refractivity contribution >= 4 is 17.4 Å². The van der Waals surface area contributed by atoms with Crippen molar-refractivity contribution in [2.24, 2.45) is 16.8 Å². The molecular formula is C13H18FN3O2. The quantitative estimate of drug-likeness (QED) is 0.331. The van der Waals surface area contributed by atoms with E-state index in [1.165, 1.54) is 12.1 Å². The number of hydrogen-bond donors (Lipinski definition) is 3. The van der Waals surface area contributed by atoms with Crippen molar-refractivity contribution in [3.05, 3.63) is 29.6 Å². The third-order valence-corrected chi connectivity index (χ3v) is 2.79. The van der Waals surface area contributed by atoms with Crippen LogP contribution in [0.3, 0.4) is 0 Å². The zero-order chi connectivity index (χ0) is 14.4. The van der Waals surface area contributed by atoms with Crippen LogP contribution < -0.4 is 11.1 Å². The van der Waals surface area contributed by atoms with E-state index < -0.39 is 5.82 Å². The van der Waals surface area contributed by atoms with Gasteiger partial charge in [-0.1, -0.05) is 25.4 Å². The molecule has 4 N–H and O–H groups in total. The van der Waals surface area contributed by atoms with E-state index in [4.69, 9.17) is 10.9 Å². The first-order valence-corrected chi connectivity index (χ1v) is 6.07. The second-order valence-corrected chi connectivity index (χ2v) is 4.35. The van der Waals surface area contributed by atoms with Gasteiger partial charge in [0, 0.05) is 11.5 Å². The molecule has 1 unspecified atom stereocenters. The van der Waals surface area contributed by atoms with Crippen LogP contribution in [-0.2, 0) is 4.79 Å². The van der Waals surface area contributed by atoms with Crippen molar-refractivity contribution in [2.75, 3.05) is 5.32 Å².